The fourth-order valence-electron chi connectivity index (χ4n) is 2.46. The molecule has 104 valence electrons. The molecule has 1 aromatic rings. The number of carbonyl (C=O) groups is 1. The van der Waals surface area contributed by atoms with E-state index in [4.69, 9.17) is 17.3 Å². The molecular weight excluding hydrogens is 280 g/mol. The number of halogens is 1. The number of thioether (sulfide) groups is 1. The first-order chi connectivity index (χ1) is 9.11. The van der Waals surface area contributed by atoms with Gasteiger partial charge in [-0.3, -0.25) is 4.79 Å². The van der Waals surface area contributed by atoms with Crippen molar-refractivity contribution in [3.63, 3.8) is 0 Å². The Morgan fingerprint density at radius 2 is 2.16 bits per heavy atom. The van der Waals surface area contributed by atoms with Crippen LogP contribution in [0.5, 0.6) is 0 Å². The van der Waals surface area contributed by atoms with Gasteiger partial charge in [-0.2, -0.15) is 11.8 Å². The summed E-state index contributed by atoms with van der Waals surface area (Å²) < 4.78 is 0. The summed E-state index contributed by atoms with van der Waals surface area (Å²) in [6.45, 7) is 0. The zero-order valence-corrected chi connectivity index (χ0v) is 12.6. The lowest BCUT2D eigenvalue weighted by molar-refractivity contribution is 0.0929. The van der Waals surface area contributed by atoms with Gasteiger partial charge in [0.1, 0.15) is 0 Å². The summed E-state index contributed by atoms with van der Waals surface area (Å²) in [4.78, 5) is 12.2. The van der Waals surface area contributed by atoms with E-state index in [0.29, 0.717) is 21.5 Å². The molecule has 0 bridgehead atoms. The van der Waals surface area contributed by atoms with E-state index in [9.17, 15) is 4.79 Å². The molecule has 0 saturated heterocycles. The number of hydrogen-bond donors (Lipinski definition) is 2. The Kier molecular flexibility index (Phi) is 4.99. The molecule has 1 amide bonds. The van der Waals surface area contributed by atoms with Crippen LogP contribution in [0.2, 0.25) is 5.02 Å². The second kappa shape index (κ2) is 6.53. The number of benzene rings is 1. The smallest absolute Gasteiger partial charge is 0.251 e. The van der Waals surface area contributed by atoms with Crippen LogP contribution >= 0.6 is 23.4 Å². The number of nitrogens with one attached hydrogen (secondary N) is 1. The molecule has 2 unspecified atom stereocenters. The van der Waals surface area contributed by atoms with Gasteiger partial charge in [-0.25, -0.2) is 0 Å². The van der Waals surface area contributed by atoms with E-state index in [0.717, 1.165) is 6.42 Å². The van der Waals surface area contributed by atoms with Crippen LogP contribution < -0.4 is 11.1 Å². The van der Waals surface area contributed by atoms with E-state index in [1.807, 2.05) is 11.8 Å². The molecule has 2 atom stereocenters. The molecule has 2 rings (SSSR count). The lowest BCUT2D eigenvalue weighted by Crippen LogP contribution is -2.43. The lowest BCUT2D eigenvalue weighted by atomic mass is 9.94. The number of anilines is 1. The molecule has 19 heavy (non-hydrogen) atoms. The summed E-state index contributed by atoms with van der Waals surface area (Å²) in [5, 5.41) is 4.07. The largest absolute Gasteiger partial charge is 0.398 e. The molecule has 1 aliphatic carbocycles. The summed E-state index contributed by atoms with van der Waals surface area (Å²) in [7, 11) is 0. The van der Waals surface area contributed by atoms with Crippen LogP contribution in [0.25, 0.3) is 0 Å². The van der Waals surface area contributed by atoms with Crippen molar-refractivity contribution in [2.45, 2.75) is 37.0 Å². The minimum absolute atomic E-state index is 0.0622. The van der Waals surface area contributed by atoms with E-state index < -0.39 is 0 Å². The summed E-state index contributed by atoms with van der Waals surface area (Å²) in [6.07, 6.45) is 6.78. The molecule has 0 aromatic heterocycles. The summed E-state index contributed by atoms with van der Waals surface area (Å²) in [5.74, 6) is -0.0622. The van der Waals surface area contributed by atoms with Gasteiger partial charge < -0.3 is 11.1 Å². The average molecular weight is 299 g/mol. The third-order valence-corrected chi connectivity index (χ3v) is 5.08. The molecule has 1 saturated carbocycles. The van der Waals surface area contributed by atoms with Gasteiger partial charge in [-0.15, -0.1) is 0 Å². The standard InChI is InChI=1S/C14H19ClN2OS/c1-19-13-5-3-2-4-12(13)17-14(18)9-6-7-11(16)10(15)8-9/h6-8,12-13H,2-5,16H2,1H3,(H,17,18). The van der Waals surface area contributed by atoms with E-state index in [1.54, 1.807) is 18.2 Å². The Hall–Kier alpha value is -0.870. The number of rotatable bonds is 3. The van der Waals surface area contributed by atoms with Crippen molar-refractivity contribution in [2.75, 3.05) is 12.0 Å². The molecule has 1 fully saturated rings. The topological polar surface area (TPSA) is 55.1 Å². The second-order valence-electron chi connectivity index (χ2n) is 4.87. The van der Waals surface area contributed by atoms with Crippen LogP contribution in [0, 0.1) is 0 Å². The molecule has 0 aliphatic heterocycles. The highest BCUT2D eigenvalue weighted by Crippen LogP contribution is 2.27. The maximum Gasteiger partial charge on any atom is 0.251 e. The molecule has 3 nitrogen and oxygen atoms in total. The summed E-state index contributed by atoms with van der Waals surface area (Å²) in [5.41, 5.74) is 6.72. The Morgan fingerprint density at radius 1 is 1.42 bits per heavy atom. The van der Waals surface area contributed by atoms with Crippen molar-refractivity contribution in [1.29, 1.82) is 0 Å². The number of nitrogen functional groups attached to an aromatic ring is 1. The summed E-state index contributed by atoms with van der Waals surface area (Å²) in [6, 6.07) is 5.27. The first kappa shape index (κ1) is 14.5. The maximum absolute atomic E-state index is 12.2. The molecular formula is C14H19ClN2OS. The van der Waals surface area contributed by atoms with Crippen LogP contribution in [0.15, 0.2) is 18.2 Å². The van der Waals surface area contributed by atoms with Crippen LogP contribution in [-0.2, 0) is 0 Å². The Morgan fingerprint density at radius 3 is 2.84 bits per heavy atom. The van der Waals surface area contributed by atoms with Gasteiger partial charge in [0.2, 0.25) is 0 Å². The normalized spacial score (nSPS) is 23.1. The number of amides is 1. The highest BCUT2D eigenvalue weighted by atomic mass is 35.5. The third-order valence-electron chi connectivity index (χ3n) is 3.58. The third kappa shape index (κ3) is 3.57. The Bertz CT molecular complexity index is 467. The number of nitrogens with two attached hydrogens (primary N) is 1. The van der Waals surface area contributed by atoms with Gasteiger partial charge in [0.15, 0.2) is 0 Å². The number of hydrogen-bond acceptors (Lipinski definition) is 3. The minimum Gasteiger partial charge on any atom is -0.398 e. The van der Waals surface area contributed by atoms with Gasteiger partial charge in [0.25, 0.3) is 5.91 Å². The molecule has 3 N–H and O–H groups in total. The van der Waals surface area contributed by atoms with E-state index in [2.05, 4.69) is 11.6 Å². The fourth-order valence-corrected chi connectivity index (χ4v) is 3.58. The van der Waals surface area contributed by atoms with Crippen molar-refractivity contribution >= 4 is 35.0 Å². The molecule has 5 heteroatoms. The molecule has 1 aliphatic rings. The van der Waals surface area contributed by atoms with Gasteiger partial charge >= 0.3 is 0 Å². The first-order valence-electron chi connectivity index (χ1n) is 6.50. The quantitative estimate of drug-likeness (QED) is 0.842. The molecule has 1 aromatic carbocycles. The van der Waals surface area contributed by atoms with Gasteiger partial charge in [-0.1, -0.05) is 24.4 Å². The molecule has 0 radical (unpaired) electrons. The average Bonchev–Trinajstić information content (AvgIpc) is 2.42. The van der Waals surface area contributed by atoms with Crippen LogP contribution in [-0.4, -0.2) is 23.5 Å². The molecule has 0 spiro atoms. The van der Waals surface area contributed by atoms with E-state index >= 15 is 0 Å². The van der Waals surface area contributed by atoms with E-state index in [-0.39, 0.29) is 11.9 Å². The zero-order valence-electron chi connectivity index (χ0n) is 11.0. The van der Waals surface area contributed by atoms with Crippen LogP contribution in [0.3, 0.4) is 0 Å². The lowest BCUT2D eigenvalue weighted by Gasteiger charge is -2.31. The molecule has 0 heterocycles. The zero-order chi connectivity index (χ0) is 13.8. The minimum atomic E-state index is -0.0622. The van der Waals surface area contributed by atoms with Crippen LogP contribution in [0.4, 0.5) is 5.69 Å². The van der Waals surface area contributed by atoms with Crippen molar-refractivity contribution in [1.82, 2.24) is 5.32 Å². The van der Waals surface area contributed by atoms with Crippen molar-refractivity contribution < 1.29 is 4.79 Å². The number of carbonyl (C=O) groups excluding carboxylic acids is 1. The second-order valence-corrected chi connectivity index (χ2v) is 6.36. The van der Waals surface area contributed by atoms with Crippen molar-refractivity contribution in [3.8, 4) is 0 Å². The van der Waals surface area contributed by atoms with Gasteiger partial charge in [0, 0.05) is 16.9 Å². The van der Waals surface area contributed by atoms with Crippen LogP contribution in [0.1, 0.15) is 36.0 Å². The fraction of sp³-hybridized carbons (Fsp3) is 0.500. The van der Waals surface area contributed by atoms with Gasteiger partial charge in [0.05, 0.1) is 10.7 Å². The highest BCUT2D eigenvalue weighted by Gasteiger charge is 2.26. The SMILES string of the molecule is CSC1CCCCC1NC(=O)c1ccc(N)c(Cl)c1. The van der Waals surface area contributed by atoms with Gasteiger partial charge in [-0.05, 0) is 37.3 Å². The first-order valence-corrected chi connectivity index (χ1v) is 8.17. The maximum atomic E-state index is 12.2. The predicted molar refractivity (Wildman–Crippen MR) is 82.9 cm³/mol. The van der Waals surface area contributed by atoms with Crippen molar-refractivity contribution in [3.05, 3.63) is 28.8 Å². The highest BCUT2D eigenvalue weighted by molar-refractivity contribution is 7.99. The predicted octanol–water partition coefficient (Wildman–Crippen LogP) is 3.33. The van der Waals surface area contributed by atoms with Crippen molar-refractivity contribution in [2.24, 2.45) is 0 Å². The van der Waals surface area contributed by atoms with E-state index in [1.165, 1.54) is 19.3 Å². The Balaban J connectivity index is 2.05. The Labute approximate surface area is 123 Å². The monoisotopic (exact) mass is 298 g/mol. The summed E-state index contributed by atoms with van der Waals surface area (Å²) >= 11 is 7.78.